The first-order valence-corrected chi connectivity index (χ1v) is 23.1. The van der Waals surface area contributed by atoms with Crippen molar-refractivity contribution < 1.29 is 237 Å². The highest BCUT2D eigenvalue weighted by molar-refractivity contribution is 5.75. The Morgan fingerprint density at radius 2 is 0.235 bits per heavy atom. The molecule has 4 rings (SSSR count). The maximum atomic E-state index is 15.6. The summed E-state index contributed by atoms with van der Waals surface area (Å²) in [5.74, 6) is -168. The van der Waals surface area contributed by atoms with Crippen LogP contribution in [0.2, 0.25) is 0 Å². The van der Waals surface area contributed by atoms with Crippen LogP contribution in [0.4, 0.5) is 237 Å². The minimum atomic E-state index is -8.85. The predicted molar refractivity (Wildman–Crippen MR) is 209 cm³/mol. The SMILES string of the molecule is FC(F)(F)C(F)(F)C(F)(F)C(F)(F)c1cc(C(F)(F)C(F)(F)C(F)(F)C(F)(F)F)nc(-c2cc(-c3nc(C(F)(F)C(F)(F)C(F)(F)C(F)(F)F)cc(C(F)(F)C(F)(F)C(F)(F)C(F)(F)F)n3)cc(-c3nc(C(F)(F)C(F)(F)C(F)(F)C(F)(F)F)cc(C(F)(F)C(F)(F)C(F)(F)C(F)(F)F)n3)c2)n1. The molecule has 0 saturated heterocycles. The Hall–Kier alpha value is -7.32. The molecule has 0 fully saturated rings. The third-order valence-corrected chi connectivity index (χ3v) is 12.7. The van der Waals surface area contributed by atoms with Crippen molar-refractivity contribution in [1.82, 2.24) is 29.9 Å². The summed E-state index contributed by atoms with van der Waals surface area (Å²) in [4.78, 5) is 9.13. The van der Waals surface area contributed by atoms with Gasteiger partial charge in [0.25, 0.3) is 0 Å². The Morgan fingerprint density at radius 3 is 0.324 bits per heavy atom. The average molecular weight is 1620 g/mol. The van der Waals surface area contributed by atoms with Crippen molar-refractivity contribution in [2.24, 2.45) is 0 Å². The van der Waals surface area contributed by atoms with E-state index in [4.69, 9.17) is 0 Å². The molecule has 0 aliphatic carbocycles. The lowest BCUT2D eigenvalue weighted by atomic mass is 9.95. The van der Waals surface area contributed by atoms with Gasteiger partial charge >= 0.3 is 144 Å². The van der Waals surface area contributed by atoms with Gasteiger partial charge in [-0.25, -0.2) is 29.9 Å². The van der Waals surface area contributed by atoms with E-state index in [9.17, 15) is 184 Å². The fourth-order valence-electron chi connectivity index (χ4n) is 6.93. The zero-order chi connectivity index (χ0) is 81.4. The summed E-state index contributed by atoms with van der Waals surface area (Å²) in [6, 6.07) is -13.0. The Morgan fingerprint density at radius 1 is 0.137 bits per heavy atom. The molecule has 0 aliphatic heterocycles. The highest BCUT2D eigenvalue weighted by Gasteiger charge is 2.89. The monoisotopic (exact) mass is 1620 g/mol. The van der Waals surface area contributed by atoms with Crippen molar-refractivity contribution in [2.75, 3.05) is 0 Å². The smallest absolute Gasteiger partial charge is 0.226 e. The van der Waals surface area contributed by atoms with Gasteiger partial charge in [-0.2, -0.15) is 237 Å². The number of halogens is 54. The lowest BCUT2D eigenvalue weighted by molar-refractivity contribution is -0.401. The second-order valence-corrected chi connectivity index (χ2v) is 19.5. The molecule has 3 aromatic heterocycles. The molecule has 3 heterocycles. The number of aromatic nitrogens is 6. The lowest BCUT2D eigenvalue weighted by Gasteiger charge is -2.35. The van der Waals surface area contributed by atoms with Gasteiger partial charge in [-0.15, -0.1) is 0 Å². The van der Waals surface area contributed by atoms with Gasteiger partial charge in [-0.05, 0) is 36.4 Å². The van der Waals surface area contributed by atoms with Crippen LogP contribution in [0.5, 0.6) is 0 Å². The Labute approximate surface area is 516 Å². The largest absolute Gasteiger partial charge is 0.460 e. The summed E-state index contributed by atoms with van der Waals surface area (Å²) in [6.07, 6.45) is -50.3. The highest BCUT2D eigenvalue weighted by Crippen LogP contribution is 2.64. The predicted octanol–water partition coefficient (Wildman–Crippen LogP) is 20.6. The summed E-state index contributed by atoms with van der Waals surface area (Å²) in [5, 5.41) is 0. The standard InChI is InChI=1S/C42H6F54N6/c43-19(44,25(55,56)31(67,68)37(79,80)81)10-4-11(20(45,46)26(57,58)32(69,70)38(82,83)84)98-16(97-10)7-1-8(17-99-12(21(47,48)27(59,60)33(71,72)39(85,86)87)5-13(100-17)22(49,50)28(61,62)34(73,74)40(88,89)90)3-9(2-7)18-101-14(23(51,52)29(63,64)35(75,76)41(91,92)93)6-15(102-18)24(53,54)30(65,66)36(77,78)42(94,95)96/h1-6H. The second kappa shape index (κ2) is 23.6. The van der Waals surface area contributed by atoms with Gasteiger partial charge in [0, 0.05) is 16.7 Å². The van der Waals surface area contributed by atoms with Crippen molar-refractivity contribution >= 4 is 0 Å². The van der Waals surface area contributed by atoms with Crippen LogP contribution < -0.4 is 0 Å². The van der Waals surface area contributed by atoms with Crippen molar-refractivity contribution in [2.45, 2.75) is 144 Å². The van der Waals surface area contributed by atoms with Gasteiger partial charge in [0.1, 0.15) is 34.2 Å². The number of hydrogen-bond acceptors (Lipinski definition) is 6. The second-order valence-electron chi connectivity index (χ2n) is 19.5. The van der Waals surface area contributed by atoms with Crippen molar-refractivity contribution in [3.8, 4) is 34.2 Å². The van der Waals surface area contributed by atoms with Crippen LogP contribution in [0.3, 0.4) is 0 Å². The number of benzene rings is 1. The van der Waals surface area contributed by atoms with E-state index in [1.54, 1.807) is 0 Å². The van der Waals surface area contributed by atoms with Gasteiger partial charge in [-0.3, -0.25) is 0 Å². The summed E-state index contributed by atoms with van der Waals surface area (Å²) in [7, 11) is 0. The fraction of sp³-hybridized carbons (Fsp3) is 0.571. The zero-order valence-corrected chi connectivity index (χ0v) is 44.6. The van der Waals surface area contributed by atoms with Crippen LogP contribution in [-0.4, -0.2) is 138 Å². The molecule has 1 aromatic carbocycles. The molecule has 0 saturated carbocycles. The van der Waals surface area contributed by atoms with E-state index in [2.05, 4.69) is 0 Å². The molecular formula is C42H6F54N6. The van der Waals surface area contributed by atoms with E-state index in [1.165, 1.54) is 29.9 Å². The molecule has 0 spiro atoms. The summed E-state index contributed by atoms with van der Waals surface area (Å²) in [5.41, 5.74) is -39.1. The van der Waals surface area contributed by atoms with Gasteiger partial charge < -0.3 is 0 Å². The van der Waals surface area contributed by atoms with Crippen molar-refractivity contribution in [1.29, 1.82) is 0 Å². The van der Waals surface area contributed by atoms with Crippen LogP contribution in [-0.2, 0) is 35.5 Å². The van der Waals surface area contributed by atoms with Crippen LogP contribution in [0.1, 0.15) is 34.2 Å². The number of alkyl halides is 54. The molecule has 4 aromatic rings. The summed E-state index contributed by atoms with van der Waals surface area (Å²) < 4.78 is 773. The van der Waals surface area contributed by atoms with Crippen LogP contribution in [0.25, 0.3) is 34.2 Å². The number of rotatable bonds is 21. The minimum absolute atomic E-state index is 1.52. The van der Waals surface area contributed by atoms with Crippen molar-refractivity contribution in [3.63, 3.8) is 0 Å². The number of nitrogens with zero attached hydrogens (tertiary/aromatic N) is 6. The van der Waals surface area contributed by atoms with Crippen molar-refractivity contribution in [3.05, 3.63) is 70.6 Å². The first-order valence-electron chi connectivity index (χ1n) is 23.1. The quantitative estimate of drug-likeness (QED) is 0.0774. The molecule has 0 aliphatic rings. The van der Waals surface area contributed by atoms with Crippen LogP contribution in [0, 0.1) is 0 Å². The van der Waals surface area contributed by atoms with Gasteiger partial charge in [-0.1, -0.05) is 0 Å². The Balaban J connectivity index is 2.71. The normalized spacial score (nSPS) is 15.9. The zero-order valence-electron chi connectivity index (χ0n) is 44.6. The van der Waals surface area contributed by atoms with Gasteiger partial charge in [0.15, 0.2) is 17.5 Å². The van der Waals surface area contributed by atoms with E-state index in [0.717, 1.165) is 0 Å². The average Bonchev–Trinajstić information content (AvgIpc) is 0.724. The van der Waals surface area contributed by atoms with E-state index in [1.807, 2.05) is 0 Å². The van der Waals surface area contributed by atoms with E-state index in [0.29, 0.717) is 0 Å². The maximum Gasteiger partial charge on any atom is 0.460 e. The first-order chi connectivity index (χ1) is 44.0. The molecule has 60 heteroatoms. The maximum absolute atomic E-state index is 15.6. The molecule has 0 atom stereocenters. The van der Waals surface area contributed by atoms with Crippen LogP contribution >= 0.6 is 0 Å². The Kier molecular flexibility index (Phi) is 20.1. The molecule has 582 valence electrons. The summed E-state index contributed by atoms with van der Waals surface area (Å²) >= 11 is 0. The Bertz CT molecular complexity index is 3180. The first kappa shape index (κ1) is 87.1. The highest BCUT2D eigenvalue weighted by atomic mass is 19.5. The number of hydrogen-bond donors (Lipinski definition) is 0. The fourth-order valence-corrected chi connectivity index (χ4v) is 6.93. The molecule has 102 heavy (non-hydrogen) atoms. The lowest BCUT2D eigenvalue weighted by Crippen LogP contribution is -2.60. The van der Waals surface area contributed by atoms with Crippen LogP contribution in [0.15, 0.2) is 36.4 Å². The van der Waals surface area contributed by atoms with E-state index in [-0.39, 0.29) is 0 Å². The summed E-state index contributed by atoms with van der Waals surface area (Å²) in [6.45, 7) is 0. The third kappa shape index (κ3) is 12.4. The van der Waals surface area contributed by atoms with Gasteiger partial charge in [0.05, 0.1) is 0 Å². The molecule has 0 radical (unpaired) electrons. The van der Waals surface area contributed by atoms with E-state index < -0.39 is 248 Å². The molecule has 6 nitrogen and oxygen atoms in total. The minimum Gasteiger partial charge on any atom is -0.226 e. The molecular weight excluding hydrogens is 1610 g/mol. The molecule has 0 N–H and O–H groups in total. The van der Waals surface area contributed by atoms with Gasteiger partial charge in [0.2, 0.25) is 0 Å². The molecule has 0 bridgehead atoms. The third-order valence-electron chi connectivity index (χ3n) is 12.7. The topological polar surface area (TPSA) is 77.3 Å². The molecule has 0 unspecified atom stereocenters. The molecule has 0 amide bonds. The van der Waals surface area contributed by atoms with E-state index >= 15 is 52.7 Å².